The van der Waals surface area contributed by atoms with Gasteiger partial charge in [-0.3, -0.25) is 0 Å². The highest BCUT2D eigenvalue weighted by Gasteiger charge is 1.95. The Morgan fingerprint density at radius 1 is 1.17 bits per heavy atom. The van der Waals surface area contributed by atoms with Gasteiger partial charge in [-0.2, -0.15) is 0 Å². The summed E-state index contributed by atoms with van der Waals surface area (Å²) in [6, 6.07) is 0. The number of rotatable bonds is 0. The van der Waals surface area contributed by atoms with E-state index in [0.717, 1.165) is 0 Å². The molecular weight excluding hydrogens is 144 g/mol. The summed E-state index contributed by atoms with van der Waals surface area (Å²) in [5.74, 6) is 0. The Labute approximate surface area is 79.1 Å². The molecule has 0 aromatic carbocycles. The van der Waals surface area contributed by atoms with Crippen LogP contribution >= 0.6 is 0 Å². The summed E-state index contributed by atoms with van der Waals surface area (Å²) in [5.41, 5.74) is 1.59. The molecule has 1 rings (SSSR count). The molecule has 0 heteroatoms. The highest BCUT2D eigenvalue weighted by molar-refractivity contribution is 5.00. The molecule has 0 aromatic rings. The predicted octanol–water partition coefficient (Wildman–Crippen LogP) is 4.95. The lowest BCUT2D eigenvalue weighted by Crippen LogP contribution is -1.85. The first-order valence-electron chi connectivity index (χ1n) is 5.46. The molecule has 0 spiro atoms. The van der Waals surface area contributed by atoms with Gasteiger partial charge in [-0.05, 0) is 32.6 Å². The monoisotopic (exact) mass is 170 g/mol. The fourth-order valence-corrected chi connectivity index (χ4v) is 0.999. The minimum Gasteiger partial charge on any atom is -0.0856 e. The van der Waals surface area contributed by atoms with E-state index in [1.54, 1.807) is 5.57 Å². The van der Waals surface area contributed by atoms with Gasteiger partial charge in [0.15, 0.2) is 0 Å². The summed E-state index contributed by atoms with van der Waals surface area (Å²) < 4.78 is 0. The molecule has 0 amide bonds. The summed E-state index contributed by atoms with van der Waals surface area (Å²) >= 11 is 0. The molecule has 0 nitrogen and oxygen atoms in total. The SMILES string of the molecule is CC.CC1=CCCCC1.CCC. The van der Waals surface area contributed by atoms with E-state index >= 15 is 0 Å². The molecule has 0 saturated heterocycles. The molecular formula is C12H26. The highest BCUT2D eigenvalue weighted by Crippen LogP contribution is 2.15. The van der Waals surface area contributed by atoms with Crippen molar-refractivity contribution in [1.29, 1.82) is 0 Å². The molecule has 12 heavy (non-hydrogen) atoms. The maximum atomic E-state index is 2.35. The second-order valence-electron chi connectivity index (χ2n) is 3.00. The Kier molecular flexibility index (Phi) is 15.9. The Balaban J connectivity index is 0. The fourth-order valence-electron chi connectivity index (χ4n) is 0.999. The number of hydrogen-bond acceptors (Lipinski definition) is 0. The van der Waals surface area contributed by atoms with Crippen molar-refractivity contribution >= 4 is 0 Å². The maximum Gasteiger partial charge on any atom is -0.0323 e. The molecule has 0 fully saturated rings. The quantitative estimate of drug-likeness (QED) is 0.451. The minimum atomic E-state index is 1.25. The van der Waals surface area contributed by atoms with Gasteiger partial charge in [-0.1, -0.05) is 45.8 Å². The van der Waals surface area contributed by atoms with Crippen LogP contribution in [0.2, 0.25) is 0 Å². The standard InChI is InChI=1S/C7H12.C3H8.C2H6/c1-7-5-3-2-4-6-7;1-3-2;1-2/h5H,2-4,6H2,1H3;3H2,1-2H3;1-2H3. The third-order valence-electron chi connectivity index (χ3n) is 1.52. The van der Waals surface area contributed by atoms with Crippen LogP contribution in [0, 0.1) is 0 Å². The lowest BCUT2D eigenvalue weighted by molar-refractivity contribution is 0.702. The summed E-state index contributed by atoms with van der Waals surface area (Å²) in [5, 5.41) is 0. The lowest BCUT2D eigenvalue weighted by Gasteiger charge is -2.05. The van der Waals surface area contributed by atoms with Gasteiger partial charge in [0.2, 0.25) is 0 Å². The maximum absolute atomic E-state index is 2.35. The van der Waals surface area contributed by atoms with Gasteiger partial charge in [0.05, 0.1) is 0 Å². The van der Waals surface area contributed by atoms with Crippen LogP contribution in [-0.2, 0) is 0 Å². The topological polar surface area (TPSA) is 0 Å². The van der Waals surface area contributed by atoms with E-state index in [1.807, 2.05) is 13.8 Å². The molecule has 0 bridgehead atoms. The first-order valence-corrected chi connectivity index (χ1v) is 5.46. The van der Waals surface area contributed by atoms with Crippen LogP contribution in [0.3, 0.4) is 0 Å². The molecule has 0 aromatic heterocycles. The molecule has 1 aliphatic carbocycles. The van der Waals surface area contributed by atoms with Gasteiger partial charge >= 0.3 is 0 Å². The summed E-state index contributed by atoms with van der Waals surface area (Å²) in [6.45, 7) is 10.5. The molecule has 74 valence electrons. The Hall–Kier alpha value is -0.260. The summed E-state index contributed by atoms with van der Waals surface area (Å²) in [4.78, 5) is 0. The van der Waals surface area contributed by atoms with Crippen LogP contribution < -0.4 is 0 Å². The van der Waals surface area contributed by atoms with Crippen LogP contribution in [0.1, 0.15) is 66.7 Å². The molecule has 0 atom stereocenters. The Bertz CT molecular complexity index is 90.2. The zero-order chi connectivity index (χ0) is 9.82. The summed E-state index contributed by atoms with van der Waals surface area (Å²) in [7, 11) is 0. The second kappa shape index (κ2) is 13.3. The third kappa shape index (κ3) is 12.4. The molecule has 0 unspecified atom stereocenters. The highest BCUT2D eigenvalue weighted by atomic mass is 14.0. The van der Waals surface area contributed by atoms with Gasteiger partial charge in [-0.15, -0.1) is 0 Å². The van der Waals surface area contributed by atoms with Crippen molar-refractivity contribution in [2.24, 2.45) is 0 Å². The van der Waals surface area contributed by atoms with Crippen molar-refractivity contribution in [3.63, 3.8) is 0 Å². The first-order chi connectivity index (χ1) is 5.81. The predicted molar refractivity (Wildman–Crippen MR) is 59.5 cm³/mol. The van der Waals surface area contributed by atoms with Gasteiger partial charge in [0.1, 0.15) is 0 Å². The first kappa shape index (κ1) is 14.3. The molecule has 0 aliphatic heterocycles. The van der Waals surface area contributed by atoms with E-state index in [9.17, 15) is 0 Å². The van der Waals surface area contributed by atoms with Gasteiger partial charge < -0.3 is 0 Å². The smallest absolute Gasteiger partial charge is 0.0323 e. The van der Waals surface area contributed by atoms with E-state index < -0.39 is 0 Å². The van der Waals surface area contributed by atoms with Crippen molar-refractivity contribution in [2.75, 3.05) is 0 Å². The van der Waals surface area contributed by atoms with E-state index in [0.29, 0.717) is 0 Å². The zero-order valence-electron chi connectivity index (χ0n) is 9.61. The second-order valence-corrected chi connectivity index (χ2v) is 3.00. The number of allylic oxidation sites excluding steroid dienone is 2. The zero-order valence-corrected chi connectivity index (χ0v) is 9.61. The molecule has 0 heterocycles. The Morgan fingerprint density at radius 3 is 1.83 bits per heavy atom. The van der Waals surface area contributed by atoms with Gasteiger partial charge in [0.25, 0.3) is 0 Å². The van der Waals surface area contributed by atoms with E-state index in [4.69, 9.17) is 0 Å². The van der Waals surface area contributed by atoms with Crippen LogP contribution in [0.5, 0.6) is 0 Å². The van der Waals surface area contributed by atoms with E-state index in [1.165, 1.54) is 32.1 Å². The lowest BCUT2D eigenvalue weighted by atomic mass is 10.0. The molecule has 0 saturated carbocycles. The minimum absolute atomic E-state index is 1.25. The van der Waals surface area contributed by atoms with Crippen molar-refractivity contribution < 1.29 is 0 Å². The van der Waals surface area contributed by atoms with Crippen LogP contribution in [0.15, 0.2) is 11.6 Å². The van der Waals surface area contributed by atoms with Gasteiger partial charge in [-0.25, -0.2) is 0 Å². The fraction of sp³-hybridized carbons (Fsp3) is 0.833. The average Bonchev–Trinajstić information content (AvgIpc) is 2.11. The van der Waals surface area contributed by atoms with E-state index in [2.05, 4.69) is 26.8 Å². The Morgan fingerprint density at radius 2 is 1.67 bits per heavy atom. The third-order valence-corrected chi connectivity index (χ3v) is 1.52. The largest absolute Gasteiger partial charge is 0.0856 e. The molecule has 0 N–H and O–H groups in total. The molecule has 1 aliphatic rings. The van der Waals surface area contributed by atoms with Crippen LogP contribution in [0.25, 0.3) is 0 Å². The number of hydrogen-bond donors (Lipinski definition) is 0. The summed E-state index contributed by atoms with van der Waals surface area (Å²) in [6.07, 6.45) is 9.11. The average molecular weight is 170 g/mol. The van der Waals surface area contributed by atoms with Crippen molar-refractivity contribution in [1.82, 2.24) is 0 Å². The van der Waals surface area contributed by atoms with Crippen molar-refractivity contribution in [2.45, 2.75) is 66.7 Å². The van der Waals surface area contributed by atoms with Crippen LogP contribution in [-0.4, -0.2) is 0 Å². The van der Waals surface area contributed by atoms with Crippen LogP contribution in [0.4, 0.5) is 0 Å². The normalized spacial score (nSPS) is 14.6. The van der Waals surface area contributed by atoms with E-state index in [-0.39, 0.29) is 0 Å². The van der Waals surface area contributed by atoms with Crippen molar-refractivity contribution in [3.8, 4) is 0 Å². The van der Waals surface area contributed by atoms with Crippen molar-refractivity contribution in [3.05, 3.63) is 11.6 Å². The molecule has 0 radical (unpaired) electrons. The van der Waals surface area contributed by atoms with Gasteiger partial charge in [0, 0.05) is 0 Å².